The summed E-state index contributed by atoms with van der Waals surface area (Å²) < 4.78 is 12.9. The quantitative estimate of drug-likeness (QED) is 0.864. The number of nitrogens with one attached hydrogen (secondary N) is 2. The predicted molar refractivity (Wildman–Crippen MR) is 68.5 cm³/mol. The van der Waals surface area contributed by atoms with Crippen molar-refractivity contribution in [2.75, 3.05) is 5.01 Å². The lowest BCUT2D eigenvalue weighted by Gasteiger charge is -2.27. The van der Waals surface area contributed by atoms with E-state index in [2.05, 4.69) is 17.7 Å². The molecule has 1 atom stereocenters. The smallest absolute Gasteiger partial charge is 0.317 e. The summed E-state index contributed by atoms with van der Waals surface area (Å²) in [4.78, 5) is 12.0. The Morgan fingerprint density at radius 1 is 1.28 bits per heavy atom. The number of amides is 2. The summed E-state index contributed by atoms with van der Waals surface area (Å²) in [6.07, 6.45) is 2.62. The van der Waals surface area contributed by atoms with Gasteiger partial charge in [-0.1, -0.05) is 20.3 Å². The zero-order valence-electron chi connectivity index (χ0n) is 10.7. The number of anilines is 1. The molecule has 5 heteroatoms. The van der Waals surface area contributed by atoms with Gasteiger partial charge in [-0.25, -0.2) is 19.6 Å². The number of rotatable bonds is 4. The zero-order chi connectivity index (χ0) is 13.2. The average Bonchev–Trinajstić information content (AvgIpc) is 2.69. The molecule has 1 aromatic carbocycles. The third kappa shape index (κ3) is 2.31. The van der Waals surface area contributed by atoms with Crippen LogP contribution in [0.15, 0.2) is 24.3 Å². The van der Waals surface area contributed by atoms with Crippen LogP contribution in [0, 0.1) is 5.82 Å². The number of hydrazine groups is 1. The van der Waals surface area contributed by atoms with Crippen LogP contribution in [0.2, 0.25) is 0 Å². The second kappa shape index (κ2) is 4.94. The molecule has 2 N–H and O–H groups in total. The number of nitrogens with zero attached hydrogens (tertiary/aromatic N) is 1. The number of benzene rings is 1. The first-order valence-corrected chi connectivity index (χ1v) is 6.26. The van der Waals surface area contributed by atoms with Gasteiger partial charge in [0.1, 0.15) is 11.5 Å². The normalized spacial score (nSPS) is 23.3. The maximum atomic E-state index is 12.9. The fourth-order valence-corrected chi connectivity index (χ4v) is 2.21. The van der Waals surface area contributed by atoms with E-state index in [0.29, 0.717) is 5.69 Å². The molecule has 18 heavy (non-hydrogen) atoms. The highest BCUT2D eigenvalue weighted by molar-refractivity contribution is 5.93. The molecule has 1 heterocycles. The highest BCUT2D eigenvalue weighted by Gasteiger charge is 2.40. The van der Waals surface area contributed by atoms with Crippen LogP contribution < -0.4 is 15.8 Å². The largest absolute Gasteiger partial charge is 0.338 e. The molecule has 1 saturated heterocycles. The van der Waals surface area contributed by atoms with Gasteiger partial charge in [-0.15, -0.1) is 0 Å². The van der Waals surface area contributed by atoms with Crippen LogP contribution in [0.5, 0.6) is 0 Å². The SMILES string of the molecule is CCC[C@@]1(CC)NC(=O)N(c2ccc(F)cc2)N1. The molecule has 4 nitrogen and oxygen atoms in total. The molecule has 1 aliphatic rings. The van der Waals surface area contributed by atoms with Gasteiger partial charge in [0, 0.05) is 0 Å². The Bertz CT molecular complexity index is 434. The molecule has 0 unspecified atom stereocenters. The van der Waals surface area contributed by atoms with E-state index in [0.717, 1.165) is 19.3 Å². The molecule has 98 valence electrons. The predicted octanol–water partition coefficient (Wildman–Crippen LogP) is 2.77. The van der Waals surface area contributed by atoms with E-state index < -0.39 is 0 Å². The lowest BCUT2D eigenvalue weighted by atomic mass is 10.0. The van der Waals surface area contributed by atoms with Crippen molar-refractivity contribution in [2.45, 2.75) is 38.8 Å². The molecule has 0 aliphatic carbocycles. The number of urea groups is 1. The lowest BCUT2D eigenvalue weighted by molar-refractivity contribution is 0.242. The summed E-state index contributed by atoms with van der Waals surface area (Å²) in [5.41, 5.74) is 3.44. The van der Waals surface area contributed by atoms with E-state index in [4.69, 9.17) is 0 Å². The fourth-order valence-electron chi connectivity index (χ4n) is 2.21. The van der Waals surface area contributed by atoms with Crippen molar-refractivity contribution in [1.82, 2.24) is 10.7 Å². The van der Waals surface area contributed by atoms with Gasteiger partial charge in [-0.3, -0.25) is 0 Å². The molecule has 0 aromatic heterocycles. The Kier molecular flexibility index (Phi) is 3.52. The Labute approximate surface area is 106 Å². The van der Waals surface area contributed by atoms with Crippen LogP contribution in [0.4, 0.5) is 14.9 Å². The Morgan fingerprint density at radius 2 is 1.94 bits per heavy atom. The minimum absolute atomic E-state index is 0.197. The van der Waals surface area contributed by atoms with Gasteiger partial charge < -0.3 is 5.32 Å². The molecule has 1 aromatic rings. The van der Waals surface area contributed by atoms with E-state index in [-0.39, 0.29) is 17.5 Å². The monoisotopic (exact) mass is 251 g/mol. The number of carbonyl (C=O) groups excluding carboxylic acids is 1. The lowest BCUT2D eigenvalue weighted by Crippen LogP contribution is -2.50. The van der Waals surface area contributed by atoms with Crippen LogP contribution >= 0.6 is 0 Å². The third-order valence-electron chi connectivity index (χ3n) is 3.24. The van der Waals surface area contributed by atoms with Crippen molar-refractivity contribution in [1.29, 1.82) is 0 Å². The zero-order valence-corrected chi connectivity index (χ0v) is 10.7. The van der Waals surface area contributed by atoms with Gasteiger partial charge in [0.05, 0.1) is 5.69 Å². The van der Waals surface area contributed by atoms with Crippen LogP contribution in [0.1, 0.15) is 33.1 Å². The van der Waals surface area contributed by atoms with Crippen LogP contribution in [-0.2, 0) is 0 Å². The van der Waals surface area contributed by atoms with Gasteiger partial charge in [-0.05, 0) is 37.1 Å². The molecule has 2 amide bonds. The first-order valence-electron chi connectivity index (χ1n) is 6.26. The van der Waals surface area contributed by atoms with Crippen LogP contribution in [-0.4, -0.2) is 11.7 Å². The molecule has 0 spiro atoms. The van der Waals surface area contributed by atoms with E-state index in [1.807, 2.05) is 6.92 Å². The molecule has 0 bridgehead atoms. The van der Waals surface area contributed by atoms with Gasteiger partial charge in [0.25, 0.3) is 0 Å². The minimum atomic E-state index is -0.389. The highest BCUT2D eigenvalue weighted by atomic mass is 19.1. The van der Waals surface area contributed by atoms with Crippen molar-refractivity contribution in [2.24, 2.45) is 0 Å². The topological polar surface area (TPSA) is 44.4 Å². The first-order chi connectivity index (χ1) is 8.60. The third-order valence-corrected chi connectivity index (χ3v) is 3.24. The van der Waals surface area contributed by atoms with Crippen molar-refractivity contribution in [3.05, 3.63) is 30.1 Å². The van der Waals surface area contributed by atoms with Crippen LogP contribution in [0.3, 0.4) is 0 Å². The van der Waals surface area contributed by atoms with Crippen molar-refractivity contribution in [3.63, 3.8) is 0 Å². The molecule has 0 saturated carbocycles. The second-order valence-electron chi connectivity index (χ2n) is 4.54. The van der Waals surface area contributed by atoms with E-state index in [1.54, 1.807) is 12.1 Å². The summed E-state index contributed by atoms with van der Waals surface area (Å²) in [6, 6.07) is 5.66. The summed E-state index contributed by atoms with van der Waals surface area (Å²) in [7, 11) is 0. The van der Waals surface area contributed by atoms with E-state index >= 15 is 0 Å². The van der Waals surface area contributed by atoms with Crippen molar-refractivity contribution < 1.29 is 9.18 Å². The first kappa shape index (κ1) is 12.8. The fraction of sp³-hybridized carbons (Fsp3) is 0.462. The van der Waals surface area contributed by atoms with E-state index in [9.17, 15) is 9.18 Å². The standard InChI is InChI=1S/C13H18FN3O/c1-3-9-13(4-2)15-12(18)17(16-13)11-7-5-10(14)6-8-11/h5-8,16H,3-4,9H2,1-2H3,(H,15,18)/t13-/m0/s1. The summed E-state index contributed by atoms with van der Waals surface area (Å²) >= 11 is 0. The Balaban J connectivity index is 2.21. The molecular weight excluding hydrogens is 233 g/mol. The van der Waals surface area contributed by atoms with Crippen molar-refractivity contribution >= 4 is 11.7 Å². The molecule has 1 aliphatic heterocycles. The average molecular weight is 251 g/mol. The number of hydrogen-bond donors (Lipinski definition) is 2. The summed E-state index contributed by atoms with van der Waals surface area (Å²) in [5.74, 6) is -0.311. The molecular formula is C13H18FN3O. The van der Waals surface area contributed by atoms with Gasteiger partial charge in [0.15, 0.2) is 0 Å². The highest BCUT2D eigenvalue weighted by Crippen LogP contribution is 2.24. The summed E-state index contributed by atoms with van der Waals surface area (Å²) in [5, 5.41) is 4.41. The van der Waals surface area contributed by atoms with Crippen molar-refractivity contribution in [3.8, 4) is 0 Å². The Morgan fingerprint density at radius 3 is 2.50 bits per heavy atom. The molecule has 2 rings (SSSR count). The maximum Gasteiger partial charge on any atom is 0.338 e. The Hall–Kier alpha value is -1.62. The van der Waals surface area contributed by atoms with E-state index in [1.165, 1.54) is 17.1 Å². The van der Waals surface area contributed by atoms with Crippen LogP contribution in [0.25, 0.3) is 0 Å². The number of halogens is 1. The van der Waals surface area contributed by atoms with Gasteiger partial charge in [-0.2, -0.15) is 0 Å². The van der Waals surface area contributed by atoms with Gasteiger partial charge >= 0.3 is 6.03 Å². The number of hydrogen-bond acceptors (Lipinski definition) is 2. The number of carbonyl (C=O) groups is 1. The van der Waals surface area contributed by atoms with Gasteiger partial charge in [0.2, 0.25) is 0 Å². The molecule has 0 radical (unpaired) electrons. The molecule has 1 fully saturated rings. The minimum Gasteiger partial charge on any atom is -0.317 e. The second-order valence-corrected chi connectivity index (χ2v) is 4.54. The maximum absolute atomic E-state index is 12.9. The summed E-state index contributed by atoms with van der Waals surface area (Å²) in [6.45, 7) is 4.10.